The van der Waals surface area contributed by atoms with Crippen LogP contribution in [-0.4, -0.2) is 34.3 Å². The molecule has 0 unspecified atom stereocenters. The topological polar surface area (TPSA) is 76.3 Å². The molecule has 0 saturated heterocycles. The monoisotopic (exact) mass is 281 g/mol. The van der Waals surface area contributed by atoms with E-state index in [2.05, 4.69) is 4.98 Å². The standard InChI is InChI=1S/C16H15N3O2/c17-11(9-12-5-3-4-8-18-12)10-19-15(20)13-6-1-2-7-14(13)16(19)21/h1-8,11H,9-10,17H2/t11-/m1/s1. The van der Waals surface area contributed by atoms with E-state index >= 15 is 0 Å². The average Bonchev–Trinajstić information content (AvgIpc) is 2.74. The fourth-order valence-corrected chi connectivity index (χ4v) is 2.49. The van der Waals surface area contributed by atoms with Gasteiger partial charge in [0.05, 0.1) is 11.1 Å². The largest absolute Gasteiger partial charge is 0.326 e. The minimum Gasteiger partial charge on any atom is -0.326 e. The minimum atomic E-state index is -0.331. The van der Waals surface area contributed by atoms with E-state index in [0.717, 1.165) is 5.69 Å². The molecule has 2 N–H and O–H groups in total. The van der Waals surface area contributed by atoms with Crippen LogP contribution in [-0.2, 0) is 6.42 Å². The molecule has 0 radical (unpaired) electrons. The number of fused-ring (bicyclic) bond motifs is 1. The molecule has 106 valence electrons. The second-order valence-corrected chi connectivity index (χ2v) is 5.05. The predicted molar refractivity (Wildman–Crippen MR) is 77.7 cm³/mol. The third-order valence-corrected chi connectivity index (χ3v) is 3.49. The predicted octanol–water partition coefficient (Wildman–Crippen LogP) is 1.25. The summed E-state index contributed by atoms with van der Waals surface area (Å²) in [6.45, 7) is 0.197. The Morgan fingerprint density at radius 2 is 1.62 bits per heavy atom. The first-order chi connectivity index (χ1) is 10.2. The van der Waals surface area contributed by atoms with Crippen molar-refractivity contribution in [2.45, 2.75) is 12.5 Å². The Kier molecular flexibility index (Phi) is 3.50. The second kappa shape index (κ2) is 5.46. The number of amides is 2. The smallest absolute Gasteiger partial charge is 0.261 e. The Bertz CT molecular complexity index is 650. The SMILES string of the molecule is N[C@H](Cc1ccccn1)CN1C(=O)c2ccccc2C1=O. The first-order valence-corrected chi connectivity index (χ1v) is 6.77. The molecule has 1 aliphatic rings. The highest BCUT2D eigenvalue weighted by Gasteiger charge is 2.35. The first kappa shape index (κ1) is 13.5. The normalized spacial score (nSPS) is 15.2. The molecule has 0 bridgehead atoms. The van der Waals surface area contributed by atoms with Gasteiger partial charge in [-0.05, 0) is 24.3 Å². The number of benzene rings is 1. The maximum absolute atomic E-state index is 12.2. The summed E-state index contributed by atoms with van der Waals surface area (Å²) >= 11 is 0. The average molecular weight is 281 g/mol. The molecule has 0 spiro atoms. The Labute approximate surface area is 122 Å². The summed E-state index contributed by atoms with van der Waals surface area (Å²) in [4.78, 5) is 29.9. The number of hydrogen-bond acceptors (Lipinski definition) is 4. The summed E-state index contributed by atoms with van der Waals surface area (Å²) < 4.78 is 0. The summed E-state index contributed by atoms with van der Waals surface area (Å²) in [5.41, 5.74) is 7.81. The van der Waals surface area contributed by atoms with Gasteiger partial charge < -0.3 is 5.73 Å². The van der Waals surface area contributed by atoms with Crippen molar-refractivity contribution in [3.05, 3.63) is 65.5 Å². The Morgan fingerprint density at radius 3 is 2.19 bits per heavy atom. The third kappa shape index (κ3) is 2.55. The zero-order valence-corrected chi connectivity index (χ0v) is 11.4. The number of nitrogens with two attached hydrogens (primary N) is 1. The molecule has 2 heterocycles. The lowest BCUT2D eigenvalue weighted by atomic mass is 10.1. The lowest BCUT2D eigenvalue weighted by Gasteiger charge is -2.19. The van der Waals surface area contributed by atoms with Gasteiger partial charge in [0.25, 0.3) is 11.8 Å². The summed E-state index contributed by atoms with van der Waals surface area (Å²) in [6.07, 6.45) is 2.22. The lowest BCUT2D eigenvalue weighted by molar-refractivity contribution is 0.0644. The van der Waals surface area contributed by atoms with Crippen molar-refractivity contribution in [1.29, 1.82) is 0 Å². The summed E-state index contributed by atoms with van der Waals surface area (Å²) in [5.74, 6) is -0.542. The Balaban J connectivity index is 1.72. The molecule has 2 aromatic rings. The van der Waals surface area contributed by atoms with Gasteiger partial charge in [-0.3, -0.25) is 19.5 Å². The van der Waals surface area contributed by atoms with Gasteiger partial charge in [-0.15, -0.1) is 0 Å². The minimum absolute atomic E-state index is 0.197. The molecule has 0 saturated carbocycles. The van der Waals surface area contributed by atoms with Crippen molar-refractivity contribution in [1.82, 2.24) is 9.88 Å². The van der Waals surface area contributed by atoms with Crippen LogP contribution in [0.4, 0.5) is 0 Å². The zero-order chi connectivity index (χ0) is 14.8. The molecule has 5 heteroatoms. The van der Waals surface area contributed by atoms with Gasteiger partial charge in [0.15, 0.2) is 0 Å². The Morgan fingerprint density at radius 1 is 1.00 bits per heavy atom. The fourth-order valence-electron chi connectivity index (χ4n) is 2.49. The van der Waals surface area contributed by atoms with Gasteiger partial charge in [0, 0.05) is 30.9 Å². The van der Waals surface area contributed by atoms with Crippen LogP contribution in [0.1, 0.15) is 26.4 Å². The highest BCUT2D eigenvalue weighted by molar-refractivity contribution is 6.21. The zero-order valence-electron chi connectivity index (χ0n) is 11.4. The summed E-state index contributed by atoms with van der Waals surface area (Å²) in [7, 11) is 0. The molecule has 1 aromatic heterocycles. The van der Waals surface area contributed by atoms with E-state index in [1.54, 1.807) is 30.5 Å². The number of nitrogens with zero attached hydrogens (tertiary/aromatic N) is 2. The van der Waals surface area contributed by atoms with Crippen LogP contribution in [0.3, 0.4) is 0 Å². The van der Waals surface area contributed by atoms with E-state index < -0.39 is 0 Å². The quantitative estimate of drug-likeness (QED) is 0.856. The van der Waals surface area contributed by atoms with Crippen molar-refractivity contribution in [3.8, 4) is 0 Å². The van der Waals surface area contributed by atoms with E-state index in [0.29, 0.717) is 17.5 Å². The molecule has 1 atom stereocenters. The number of pyridine rings is 1. The first-order valence-electron chi connectivity index (χ1n) is 6.77. The summed E-state index contributed by atoms with van der Waals surface area (Å²) in [5, 5.41) is 0. The van der Waals surface area contributed by atoms with E-state index in [-0.39, 0.29) is 24.4 Å². The molecule has 0 aliphatic carbocycles. The summed E-state index contributed by atoms with van der Waals surface area (Å²) in [6, 6.07) is 12.1. The van der Waals surface area contributed by atoms with Crippen molar-refractivity contribution < 1.29 is 9.59 Å². The number of aromatic nitrogens is 1. The molecule has 1 aliphatic heterocycles. The molecule has 0 fully saturated rings. The molecule has 1 aromatic carbocycles. The number of rotatable bonds is 4. The van der Waals surface area contributed by atoms with E-state index in [1.807, 2.05) is 18.2 Å². The van der Waals surface area contributed by atoms with Crippen molar-refractivity contribution in [3.63, 3.8) is 0 Å². The van der Waals surface area contributed by atoms with Crippen LogP contribution in [0.5, 0.6) is 0 Å². The van der Waals surface area contributed by atoms with Crippen molar-refractivity contribution in [2.75, 3.05) is 6.54 Å². The molecule has 21 heavy (non-hydrogen) atoms. The molecule has 3 rings (SSSR count). The van der Waals surface area contributed by atoms with Crippen LogP contribution < -0.4 is 5.73 Å². The van der Waals surface area contributed by atoms with E-state index in [9.17, 15) is 9.59 Å². The van der Waals surface area contributed by atoms with Gasteiger partial charge >= 0.3 is 0 Å². The maximum atomic E-state index is 12.2. The number of carbonyl (C=O) groups is 2. The number of hydrogen-bond donors (Lipinski definition) is 1. The third-order valence-electron chi connectivity index (χ3n) is 3.49. The lowest BCUT2D eigenvalue weighted by Crippen LogP contribution is -2.42. The van der Waals surface area contributed by atoms with E-state index in [1.165, 1.54) is 4.90 Å². The van der Waals surface area contributed by atoms with Gasteiger partial charge in [0.2, 0.25) is 0 Å². The van der Waals surface area contributed by atoms with Gasteiger partial charge in [0.1, 0.15) is 0 Å². The van der Waals surface area contributed by atoms with Crippen molar-refractivity contribution in [2.24, 2.45) is 5.73 Å². The fraction of sp³-hybridized carbons (Fsp3) is 0.188. The van der Waals surface area contributed by atoms with Crippen LogP contribution in [0.25, 0.3) is 0 Å². The molecular formula is C16H15N3O2. The van der Waals surface area contributed by atoms with Crippen molar-refractivity contribution >= 4 is 11.8 Å². The van der Waals surface area contributed by atoms with Crippen LogP contribution in [0.2, 0.25) is 0 Å². The highest BCUT2D eigenvalue weighted by Crippen LogP contribution is 2.22. The number of imide groups is 1. The van der Waals surface area contributed by atoms with E-state index in [4.69, 9.17) is 5.73 Å². The molecule has 5 nitrogen and oxygen atoms in total. The molecule has 2 amide bonds. The maximum Gasteiger partial charge on any atom is 0.261 e. The van der Waals surface area contributed by atoms with Gasteiger partial charge in [-0.1, -0.05) is 18.2 Å². The van der Waals surface area contributed by atoms with Crippen LogP contribution >= 0.6 is 0 Å². The highest BCUT2D eigenvalue weighted by atomic mass is 16.2. The Hall–Kier alpha value is -2.53. The van der Waals surface area contributed by atoms with Crippen LogP contribution in [0, 0.1) is 0 Å². The second-order valence-electron chi connectivity index (χ2n) is 5.05. The van der Waals surface area contributed by atoms with Gasteiger partial charge in [-0.25, -0.2) is 0 Å². The number of carbonyl (C=O) groups excluding carboxylic acids is 2. The molecular weight excluding hydrogens is 266 g/mol. The van der Waals surface area contributed by atoms with Crippen LogP contribution in [0.15, 0.2) is 48.7 Å². The van der Waals surface area contributed by atoms with Gasteiger partial charge in [-0.2, -0.15) is 0 Å².